The summed E-state index contributed by atoms with van der Waals surface area (Å²) in [7, 11) is 0. The van der Waals surface area contributed by atoms with Crippen molar-refractivity contribution in [2.45, 2.75) is 37.0 Å². The van der Waals surface area contributed by atoms with Gasteiger partial charge in [-0.3, -0.25) is 4.98 Å². The van der Waals surface area contributed by atoms with E-state index in [0.29, 0.717) is 6.54 Å². The lowest BCUT2D eigenvalue weighted by Gasteiger charge is -2.07. The number of imidazole rings is 1. The molecule has 3 aromatic rings. The van der Waals surface area contributed by atoms with Gasteiger partial charge in [0, 0.05) is 24.3 Å². The van der Waals surface area contributed by atoms with Crippen LogP contribution in [0.3, 0.4) is 0 Å². The monoisotopic (exact) mass is 311 g/mol. The predicted molar refractivity (Wildman–Crippen MR) is 85.8 cm³/mol. The maximum Gasteiger partial charge on any atom is 0.174 e. The molecular weight excluding hydrogens is 294 g/mol. The number of rotatable bonds is 5. The summed E-state index contributed by atoms with van der Waals surface area (Å²) >= 11 is 1.56. The van der Waals surface area contributed by atoms with Gasteiger partial charge >= 0.3 is 0 Å². The Morgan fingerprint density at radius 2 is 2.00 bits per heavy atom. The smallest absolute Gasteiger partial charge is 0.174 e. The van der Waals surface area contributed by atoms with Crippen molar-refractivity contribution in [3.8, 4) is 0 Å². The molecule has 6 heteroatoms. The van der Waals surface area contributed by atoms with Gasteiger partial charge in [-0.1, -0.05) is 13.0 Å². The van der Waals surface area contributed by atoms with Crippen LogP contribution in [0.1, 0.15) is 24.1 Å². The van der Waals surface area contributed by atoms with E-state index in [9.17, 15) is 0 Å². The standard InChI is InChI=1S/C16H17N5S/c1-3-13-10-15(20-12(2)19-13)22-16-18-8-9-21(16)11-14-6-4-5-7-17-14/h4-10H,3,11H2,1-2H3. The highest BCUT2D eigenvalue weighted by Crippen LogP contribution is 2.25. The molecule has 0 saturated carbocycles. The molecule has 0 aliphatic rings. The zero-order valence-electron chi connectivity index (χ0n) is 12.6. The van der Waals surface area contributed by atoms with Gasteiger partial charge in [0.05, 0.1) is 12.2 Å². The summed E-state index contributed by atoms with van der Waals surface area (Å²) in [5, 5.41) is 1.84. The highest BCUT2D eigenvalue weighted by atomic mass is 32.2. The Labute approximate surface area is 133 Å². The van der Waals surface area contributed by atoms with Crippen LogP contribution in [0.5, 0.6) is 0 Å². The molecule has 5 nitrogen and oxygen atoms in total. The van der Waals surface area contributed by atoms with Gasteiger partial charge in [0.15, 0.2) is 5.16 Å². The normalized spacial score (nSPS) is 10.8. The van der Waals surface area contributed by atoms with Crippen LogP contribution in [0.4, 0.5) is 0 Å². The lowest BCUT2D eigenvalue weighted by molar-refractivity contribution is 0.692. The summed E-state index contributed by atoms with van der Waals surface area (Å²) < 4.78 is 2.08. The highest BCUT2D eigenvalue weighted by Gasteiger charge is 2.09. The van der Waals surface area contributed by atoms with E-state index in [2.05, 4.69) is 31.4 Å². The van der Waals surface area contributed by atoms with Gasteiger partial charge in [-0.15, -0.1) is 0 Å². The number of hydrogen-bond acceptors (Lipinski definition) is 5. The first-order chi connectivity index (χ1) is 10.7. The molecule has 3 heterocycles. The van der Waals surface area contributed by atoms with Crippen LogP contribution in [0.15, 0.2) is 53.0 Å². The second-order valence-electron chi connectivity index (χ2n) is 4.86. The van der Waals surface area contributed by atoms with Crippen molar-refractivity contribution < 1.29 is 0 Å². The van der Waals surface area contributed by atoms with E-state index in [1.807, 2.05) is 37.4 Å². The third-order valence-corrected chi connectivity index (χ3v) is 4.10. The minimum atomic E-state index is 0.702. The van der Waals surface area contributed by atoms with Gasteiger partial charge < -0.3 is 4.57 Å². The number of hydrogen-bond donors (Lipinski definition) is 0. The molecule has 0 unspecified atom stereocenters. The van der Waals surface area contributed by atoms with E-state index >= 15 is 0 Å². The Morgan fingerprint density at radius 1 is 1.09 bits per heavy atom. The molecule has 0 aliphatic carbocycles. The summed E-state index contributed by atoms with van der Waals surface area (Å²) in [5.41, 5.74) is 2.06. The molecule has 112 valence electrons. The summed E-state index contributed by atoms with van der Waals surface area (Å²) in [6, 6.07) is 7.95. The quantitative estimate of drug-likeness (QED) is 0.678. The molecule has 3 aromatic heterocycles. The van der Waals surface area contributed by atoms with Crippen molar-refractivity contribution in [3.05, 3.63) is 60.1 Å². The van der Waals surface area contributed by atoms with Crippen molar-refractivity contribution >= 4 is 11.8 Å². The second-order valence-corrected chi connectivity index (χ2v) is 5.85. The van der Waals surface area contributed by atoms with Crippen molar-refractivity contribution in [2.24, 2.45) is 0 Å². The molecule has 0 saturated heterocycles. The van der Waals surface area contributed by atoms with Crippen molar-refractivity contribution in [1.29, 1.82) is 0 Å². The van der Waals surface area contributed by atoms with Crippen molar-refractivity contribution in [2.75, 3.05) is 0 Å². The number of nitrogens with zero attached hydrogens (tertiary/aromatic N) is 5. The molecule has 0 aromatic carbocycles. The summed E-state index contributed by atoms with van der Waals surface area (Å²) in [6.07, 6.45) is 6.48. The van der Waals surface area contributed by atoms with Gasteiger partial charge in [-0.2, -0.15) is 0 Å². The van der Waals surface area contributed by atoms with Crippen molar-refractivity contribution in [1.82, 2.24) is 24.5 Å². The molecule has 0 amide bonds. The summed E-state index contributed by atoms with van der Waals surface area (Å²) in [6.45, 7) is 4.72. The highest BCUT2D eigenvalue weighted by molar-refractivity contribution is 7.99. The van der Waals surface area contributed by atoms with Gasteiger partial charge in [-0.25, -0.2) is 15.0 Å². The molecule has 22 heavy (non-hydrogen) atoms. The molecular formula is C16H17N5S. The summed E-state index contributed by atoms with van der Waals surface area (Å²) in [4.78, 5) is 17.7. The topological polar surface area (TPSA) is 56.5 Å². The third kappa shape index (κ3) is 3.51. The van der Waals surface area contributed by atoms with Gasteiger partial charge in [-0.05, 0) is 43.3 Å². The number of aromatic nitrogens is 5. The van der Waals surface area contributed by atoms with E-state index in [0.717, 1.165) is 33.8 Å². The Kier molecular flexibility index (Phi) is 4.48. The first-order valence-corrected chi connectivity index (χ1v) is 7.99. The van der Waals surface area contributed by atoms with Gasteiger partial charge in [0.1, 0.15) is 10.9 Å². The average molecular weight is 311 g/mol. The lowest BCUT2D eigenvalue weighted by Crippen LogP contribution is -2.02. The van der Waals surface area contributed by atoms with Crippen LogP contribution in [-0.4, -0.2) is 24.5 Å². The van der Waals surface area contributed by atoms with Crippen LogP contribution >= 0.6 is 11.8 Å². The third-order valence-electron chi connectivity index (χ3n) is 3.16. The molecule has 0 bridgehead atoms. The first kappa shape index (κ1) is 14.7. The van der Waals surface area contributed by atoms with Gasteiger partial charge in [0.2, 0.25) is 0 Å². The van der Waals surface area contributed by atoms with E-state index in [1.165, 1.54) is 0 Å². The Morgan fingerprint density at radius 3 is 2.77 bits per heavy atom. The molecule has 0 fully saturated rings. The fraction of sp³-hybridized carbons (Fsp3) is 0.250. The zero-order chi connectivity index (χ0) is 15.4. The fourth-order valence-corrected chi connectivity index (χ4v) is 3.03. The Hall–Kier alpha value is -2.21. The minimum Gasteiger partial charge on any atom is -0.320 e. The molecule has 0 aliphatic heterocycles. The molecule has 0 spiro atoms. The van der Waals surface area contributed by atoms with Crippen LogP contribution < -0.4 is 0 Å². The maximum atomic E-state index is 4.49. The van der Waals surface area contributed by atoms with Crippen LogP contribution in [0.25, 0.3) is 0 Å². The van der Waals surface area contributed by atoms with Crippen LogP contribution in [-0.2, 0) is 13.0 Å². The Balaban J connectivity index is 1.82. The number of pyridine rings is 1. The zero-order valence-corrected chi connectivity index (χ0v) is 13.4. The SMILES string of the molecule is CCc1cc(Sc2nccn2Cc2ccccn2)nc(C)n1. The second kappa shape index (κ2) is 6.70. The molecule has 3 rings (SSSR count). The van der Waals surface area contributed by atoms with Crippen LogP contribution in [0, 0.1) is 6.92 Å². The summed E-state index contributed by atoms with van der Waals surface area (Å²) in [5.74, 6) is 0.796. The molecule has 0 atom stereocenters. The average Bonchev–Trinajstić information content (AvgIpc) is 2.94. The van der Waals surface area contributed by atoms with E-state index < -0.39 is 0 Å². The van der Waals surface area contributed by atoms with E-state index in [-0.39, 0.29) is 0 Å². The van der Waals surface area contributed by atoms with Crippen LogP contribution in [0.2, 0.25) is 0 Å². The lowest BCUT2D eigenvalue weighted by atomic mass is 10.3. The largest absolute Gasteiger partial charge is 0.320 e. The van der Waals surface area contributed by atoms with Gasteiger partial charge in [0.25, 0.3) is 0 Å². The van der Waals surface area contributed by atoms with E-state index in [1.54, 1.807) is 24.2 Å². The van der Waals surface area contributed by atoms with Crippen molar-refractivity contribution in [3.63, 3.8) is 0 Å². The Bertz CT molecular complexity index is 754. The first-order valence-electron chi connectivity index (χ1n) is 7.18. The maximum absolute atomic E-state index is 4.49. The fourth-order valence-electron chi connectivity index (χ4n) is 2.11. The molecule has 0 radical (unpaired) electrons. The van der Waals surface area contributed by atoms with E-state index in [4.69, 9.17) is 0 Å². The predicted octanol–water partition coefficient (Wildman–Crippen LogP) is 3.14. The minimum absolute atomic E-state index is 0.702. The number of aryl methyl sites for hydroxylation is 2. The molecule has 0 N–H and O–H groups in total.